The van der Waals surface area contributed by atoms with Crippen LogP contribution in [0.3, 0.4) is 0 Å². The molecular formula is C29H48. The summed E-state index contributed by atoms with van der Waals surface area (Å²) in [6.45, 7) is 7.04. The first-order valence-electron chi connectivity index (χ1n) is 13.3. The Bertz CT molecular complexity index is 570. The molecule has 0 bridgehead atoms. The van der Waals surface area contributed by atoms with E-state index < -0.39 is 0 Å². The molecule has 164 valence electrons. The highest BCUT2D eigenvalue weighted by atomic mass is 14.3. The van der Waals surface area contributed by atoms with E-state index in [1.54, 1.807) is 16.7 Å². The standard InChI is InChI=1S/C29H48/c1-4-6-24-8-12-26(13-9-24)16-17-28-19-21-29(23(3)22-28)20-18-27-14-10-25(7-5-2)11-15-27/h19,21-22,24-27H,4-18,20H2,1-3H3/t24-,25-,26-,27-. The van der Waals surface area contributed by atoms with E-state index in [1.807, 2.05) is 0 Å². The number of hydrogen-bond donors (Lipinski definition) is 0. The highest BCUT2D eigenvalue weighted by Gasteiger charge is 2.21. The largest absolute Gasteiger partial charge is 0.0654 e. The zero-order chi connectivity index (χ0) is 20.5. The molecule has 0 amide bonds. The molecule has 0 aromatic heterocycles. The van der Waals surface area contributed by atoms with Crippen LogP contribution in [0.5, 0.6) is 0 Å². The van der Waals surface area contributed by atoms with Gasteiger partial charge in [0.05, 0.1) is 0 Å². The molecule has 0 N–H and O–H groups in total. The summed E-state index contributed by atoms with van der Waals surface area (Å²) in [4.78, 5) is 0. The highest BCUT2D eigenvalue weighted by molar-refractivity contribution is 5.31. The van der Waals surface area contributed by atoms with Crippen LogP contribution < -0.4 is 0 Å². The fourth-order valence-corrected chi connectivity index (χ4v) is 6.36. The Morgan fingerprint density at radius 2 is 1.07 bits per heavy atom. The summed E-state index contributed by atoms with van der Waals surface area (Å²) < 4.78 is 0. The fourth-order valence-electron chi connectivity index (χ4n) is 6.36. The monoisotopic (exact) mass is 396 g/mol. The quantitative estimate of drug-likeness (QED) is 0.370. The fraction of sp³-hybridized carbons (Fsp3) is 0.793. The van der Waals surface area contributed by atoms with Gasteiger partial charge in [0.2, 0.25) is 0 Å². The van der Waals surface area contributed by atoms with E-state index in [0.29, 0.717) is 0 Å². The van der Waals surface area contributed by atoms with Gasteiger partial charge in [-0.3, -0.25) is 0 Å². The Labute approximate surface area is 182 Å². The summed E-state index contributed by atoms with van der Waals surface area (Å²) >= 11 is 0. The molecule has 2 aliphatic rings. The van der Waals surface area contributed by atoms with E-state index in [9.17, 15) is 0 Å². The Morgan fingerprint density at radius 1 is 0.621 bits per heavy atom. The van der Waals surface area contributed by atoms with Crippen LogP contribution in [0.25, 0.3) is 0 Å². The highest BCUT2D eigenvalue weighted by Crippen LogP contribution is 2.35. The van der Waals surface area contributed by atoms with Crippen molar-refractivity contribution in [2.24, 2.45) is 23.7 Å². The van der Waals surface area contributed by atoms with Crippen molar-refractivity contribution in [3.8, 4) is 0 Å². The lowest BCUT2D eigenvalue weighted by molar-refractivity contribution is 0.252. The van der Waals surface area contributed by atoms with E-state index in [4.69, 9.17) is 0 Å². The maximum atomic E-state index is 2.51. The SMILES string of the molecule is CCC[C@H]1CC[C@H](CCc2ccc(CC[C@H]3CC[C@H](CCC)CC3)c(C)c2)CC1. The summed E-state index contributed by atoms with van der Waals surface area (Å²) in [6, 6.07) is 7.42. The topological polar surface area (TPSA) is 0 Å². The van der Waals surface area contributed by atoms with Crippen molar-refractivity contribution in [1.82, 2.24) is 0 Å². The van der Waals surface area contributed by atoms with Crippen LogP contribution >= 0.6 is 0 Å². The maximum absolute atomic E-state index is 2.51. The van der Waals surface area contributed by atoms with Crippen molar-refractivity contribution < 1.29 is 0 Å². The average molecular weight is 397 g/mol. The van der Waals surface area contributed by atoms with Crippen LogP contribution in [0.1, 0.15) is 120 Å². The van der Waals surface area contributed by atoms with Gasteiger partial charge in [0.1, 0.15) is 0 Å². The molecule has 0 atom stereocenters. The number of benzene rings is 1. The Hall–Kier alpha value is -0.780. The predicted molar refractivity (Wildman–Crippen MR) is 129 cm³/mol. The van der Waals surface area contributed by atoms with Crippen molar-refractivity contribution >= 4 is 0 Å². The van der Waals surface area contributed by atoms with Crippen LogP contribution in [-0.4, -0.2) is 0 Å². The number of hydrogen-bond acceptors (Lipinski definition) is 0. The molecule has 0 heterocycles. The van der Waals surface area contributed by atoms with Gasteiger partial charge in [-0.15, -0.1) is 0 Å². The van der Waals surface area contributed by atoms with Crippen LogP contribution in [0.4, 0.5) is 0 Å². The van der Waals surface area contributed by atoms with Gasteiger partial charge in [-0.05, 0) is 73.0 Å². The van der Waals surface area contributed by atoms with Crippen LogP contribution in [0, 0.1) is 30.6 Å². The van der Waals surface area contributed by atoms with Crippen LogP contribution in [0.15, 0.2) is 18.2 Å². The second kappa shape index (κ2) is 12.2. The van der Waals surface area contributed by atoms with Gasteiger partial charge in [0, 0.05) is 0 Å². The summed E-state index contributed by atoms with van der Waals surface area (Å²) in [5, 5.41) is 0. The molecule has 2 fully saturated rings. The van der Waals surface area contributed by atoms with E-state index in [1.165, 1.54) is 103 Å². The molecule has 3 rings (SSSR count). The summed E-state index contributed by atoms with van der Waals surface area (Å²) in [5.74, 6) is 4.06. The maximum Gasteiger partial charge on any atom is -0.0274 e. The van der Waals surface area contributed by atoms with Gasteiger partial charge in [0.15, 0.2) is 0 Å². The molecule has 0 aliphatic heterocycles. The van der Waals surface area contributed by atoms with Crippen molar-refractivity contribution in [1.29, 1.82) is 0 Å². The van der Waals surface area contributed by atoms with Crippen molar-refractivity contribution in [2.75, 3.05) is 0 Å². The van der Waals surface area contributed by atoms with Gasteiger partial charge in [-0.25, -0.2) is 0 Å². The molecule has 0 spiro atoms. The normalized spacial score (nSPS) is 27.8. The molecule has 2 saturated carbocycles. The zero-order valence-corrected chi connectivity index (χ0v) is 19.9. The second-order valence-electron chi connectivity index (χ2n) is 10.7. The van der Waals surface area contributed by atoms with E-state index >= 15 is 0 Å². The first kappa shape index (κ1) is 22.9. The minimum Gasteiger partial charge on any atom is -0.0654 e. The summed E-state index contributed by atoms with van der Waals surface area (Å²) in [5.41, 5.74) is 4.75. The number of rotatable bonds is 10. The van der Waals surface area contributed by atoms with Crippen LogP contribution in [0.2, 0.25) is 0 Å². The van der Waals surface area contributed by atoms with E-state index in [-0.39, 0.29) is 0 Å². The van der Waals surface area contributed by atoms with E-state index in [2.05, 4.69) is 39.0 Å². The third-order valence-corrected chi connectivity index (χ3v) is 8.40. The van der Waals surface area contributed by atoms with Gasteiger partial charge in [-0.2, -0.15) is 0 Å². The molecule has 1 aromatic carbocycles. The Morgan fingerprint density at radius 3 is 1.52 bits per heavy atom. The summed E-state index contributed by atoms with van der Waals surface area (Å²) in [7, 11) is 0. The zero-order valence-electron chi connectivity index (χ0n) is 19.9. The smallest absolute Gasteiger partial charge is 0.0274 e. The molecule has 0 saturated heterocycles. The van der Waals surface area contributed by atoms with Gasteiger partial charge >= 0.3 is 0 Å². The lowest BCUT2D eigenvalue weighted by atomic mass is 9.77. The lowest BCUT2D eigenvalue weighted by Crippen LogP contribution is -2.15. The molecular weight excluding hydrogens is 348 g/mol. The van der Waals surface area contributed by atoms with Gasteiger partial charge in [-0.1, -0.05) is 109 Å². The van der Waals surface area contributed by atoms with Crippen molar-refractivity contribution in [3.05, 3.63) is 34.9 Å². The second-order valence-corrected chi connectivity index (χ2v) is 10.7. The molecule has 29 heavy (non-hydrogen) atoms. The summed E-state index contributed by atoms with van der Waals surface area (Å²) in [6.07, 6.45) is 23.1. The van der Waals surface area contributed by atoms with Crippen molar-refractivity contribution in [3.63, 3.8) is 0 Å². The average Bonchev–Trinajstić information content (AvgIpc) is 2.74. The molecule has 0 unspecified atom stereocenters. The van der Waals surface area contributed by atoms with Crippen molar-refractivity contribution in [2.45, 2.75) is 124 Å². The van der Waals surface area contributed by atoms with Gasteiger partial charge in [0.25, 0.3) is 0 Å². The molecule has 1 aromatic rings. The molecule has 0 nitrogen and oxygen atoms in total. The van der Waals surface area contributed by atoms with Gasteiger partial charge < -0.3 is 0 Å². The predicted octanol–water partition coefficient (Wildman–Crippen LogP) is 9.07. The molecule has 2 aliphatic carbocycles. The third kappa shape index (κ3) is 7.45. The first-order valence-corrected chi connectivity index (χ1v) is 13.3. The Kier molecular flexibility index (Phi) is 9.60. The number of aryl methyl sites for hydroxylation is 3. The molecule has 0 heteroatoms. The van der Waals surface area contributed by atoms with Crippen LogP contribution in [-0.2, 0) is 12.8 Å². The third-order valence-electron chi connectivity index (χ3n) is 8.40. The van der Waals surface area contributed by atoms with E-state index in [0.717, 1.165) is 23.7 Å². The Balaban J connectivity index is 1.38. The lowest BCUT2D eigenvalue weighted by Gasteiger charge is -2.28. The minimum atomic E-state index is 0.991. The molecule has 0 radical (unpaired) electrons. The minimum absolute atomic E-state index is 0.991. The first-order chi connectivity index (χ1) is 14.2.